The Hall–Kier alpha value is -4.92. The highest BCUT2D eigenvalue weighted by Crippen LogP contribution is 2.27. The Morgan fingerprint density at radius 3 is 2.31 bits per heavy atom. The molecule has 200 valence electrons. The van der Waals surface area contributed by atoms with Crippen molar-refractivity contribution in [2.45, 2.75) is 33.3 Å². The molecule has 5 amide bonds. The number of barbiturate groups is 1. The summed E-state index contributed by atoms with van der Waals surface area (Å²) in [5, 5.41) is 4.94. The van der Waals surface area contributed by atoms with Crippen LogP contribution >= 0.6 is 0 Å². The first kappa shape index (κ1) is 27.1. The lowest BCUT2D eigenvalue weighted by Crippen LogP contribution is -2.54. The predicted molar refractivity (Wildman–Crippen MR) is 148 cm³/mol. The van der Waals surface area contributed by atoms with Crippen LogP contribution in [0.25, 0.3) is 6.08 Å². The quantitative estimate of drug-likeness (QED) is 0.314. The number of hydrogen-bond acceptors (Lipinski definition) is 6. The first-order chi connectivity index (χ1) is 18.7. The Labute approximate surface area is 226 Å². The van der Waals surface area contributed by atoms with Gasteiger partial charge in [-0.3, -0.25) is 19.7 Å². The zero-order chi connectivity index (χ0) is 28.1. The minimum atomic E-state index is -0.798. The molecule has 1 aliphatic heterocycles. The molecular weight excluding hydrogens is 498 g/mol. The maximum absolute atomic E-state index is 13.3. The molecule has 1 saturated heterocycles. The topological polar surface area (TPSA) is 114 Å². The van der Waals surface area contributed by atoms with Crippen molar-refractivity contribution in [2.24, 2.45) is 0 Å². The number of amides is 5. The average Bonchev–Trinajstić information content (AvgIpc) is 2.90. The van der Waals surface area contributed by atoms with Crippen molar-refractivity contribution in [3.05, 3.63) is 89.0 Å². The summed E-state index contributed by atoms with van der Waals surface area (Å²) in [6.45, 7) is 5.67. The van der Waals surface area contributed by atoms with E-state index in [0.717, 1.165) is 10.5 Å². The van der Waals surface area contributed by atoms with Gasteiger partial charge in [0.05, 0.1) is 12.8 Å². The third kappa shape index (κ3) is 6.32. The van der Waals surface area contributed by atoms with Gasteiger partial charge in [-0.15, -0.1) is 0 Å². The highest BCUT2D eigenvalue weighted by atomic mass is 16.5. The molecule has 1 aliphatic rings. The van der Waals surface area contributed by atoms with Crippen molar-refractivity contribution >= 4 is 41.2 Å². The van der Waals surface area contributed by atoms with E-state index in [9.17, 15) is 19.2 Å². The van der Waals surface area contributed by atoms with Crippen molar-refractivity contribution in [1.82, 2.24) is 5.32 Å². The second-order valence-corrected chi connectivity index (χ2v) is 9.27. The molecule has 0 unspecified atom stereocenters. The van der Waals surface area contributed by atoms with Crippen molar-refractivity contribution in [3.8, 4) is 11.5 Å². The summed E-state index contributed by atoms with van der Waals surface area (Å²) in [4.78, 5) is 50.6. The SMILES string of the molecule is COc1ccc(/C=C2/C(=O)NC(=O)N(c3ccc(C(C)C)cc3)C2=O)cc1COc1ccc(NC(C)=O)cc1. The maximum Gasteiger partial charge on any atom is 0.335 e. The lowest BCUT2D eigenvalue weighted by molar-refractivity contribution is -0.122. The molecule has 0 radical (unpaired) electrons. The average molecular weight is 528 g/mol. The van der Waals surface area contributed by atoms with E-state index in [1.807, 2.05) is 26.0 Å². The number of anilines is 2. The molecule has 1 heterocycles. The molecule has 0 aromatic heterocycles. The Kier molecular flexibility index (Phi) is 8.10. The summed E-state index contributed by atoms with van der Waals surface area (Å²) < 4.78 is 11.3. The number of benzene rings is 3. The third-order valence-corrected chi connectivity index (χ3v) is 6.10. The lowest BCUT2D eigenvalue weighted by atomic mass is 10.0. The van der Waals surface area contributed by atoms with E-state index in [0.29, 0.717) is 39.9 Å². The summed E-state index contributed by atoms with van der Waals surface area (Å²) in [5.41, 5.74) is 3.14. The zero-order valence-corrected chi connectivity index (χ0v) is 22.1. The highest BCUT2D eigenvalue weighted by molar-refractivity contribution is 6.39. The first-order valence-corrected chi connectivity index (χ1v) is 12.3. The molecule has 0 bridgehead atoms. The van der Waals surface area contributed by atoms with E-state index in [4.69, 9.17) is 9.47 Å². The van der Waals surface area contributed by atoms with E-state index in [-0.39, 0.29) is 18.1 Å². The van der Waals surface area contributed by atoms with Gasteiger partial charge in [0.15, 0.2) is 0 Å². The standard InChI is InChI=1S/C30H29N3O6/c1-18(2)21-6-10-24(11-7-21)33-29(36)26(28(35)32-30(33)37)16-20-5-14-27(38-4)22(15-20)17-39-25-12-8-23(9-13-25)31-19(3)34/h5-16,18H,17H2,1-4H3,(H,31,34)(H,32,35,37)/b26-16-. The molecular formula is C30H29N3O6. The summed E-state index contributed by atoms with van der Waals surface area (Å²) in [7, 11) is 1.53. The number of nitrogens with one attached hydrogen (secondary N) is 2. The van der Waals surface area contributed by atoms with Crippen LogP contribution in [0.15, 0.2) is 72.3 Å². The largest absolute Gasteiger partial charge is 0.496 e. The number of carbonyl (C=O) groups excluding carboxylic acids is 4. The number of hydrogen-bond donors (Lipinski definition) is 2. The number of methoxy groups -OCH3 is 1. The van der Waals surface area contributed by atoms with E-state index >= 15 is 0 Å². The molecule has 9 heteroatoms. The number of rotatable bonds is 8. The molecule has 9 nitrogen and oxygen atoms in total. The molecule has 2 N–H and O–H groups in total. The van der Waals surface area contributed by atoms with Gasteiger partial charge in [0.1, 0.15) is 23.7 Å². The summed E-state index contributed by atoms with van der Waals surface area (Å²) >= 11 is 0. The normalized spacial score (nSPS) is 14.4. The van der Waals surface area contributed by atoms with Crippen molar-refractivity contribution in [2.75, 3.05) is 17.3 Å². The zero-order valence-electron chi connectivity index (χ0n) is 22.1. The van der Waals surface area contributed by atoms with Gasteiger partial charge in [-0.2, -0.15) is 0 Å². The number of ether oxygens (including phenoxy) is 2. The maximum atomic E-state index is 13.3. The molecule has 0 aliphatic carbocycles. The summed E-state index contributed by atoms with van der Waals surface area (Å²) in [6, 6.07) is 18.4. The van der Waals surface area contributed by atoms with Crippen LogP contribution in [0.5, 0.6) is 11.5 Å². The van der Waals surface area contributed by atoms with Gasteiger partial charge in [0.2, 0.25) is 5.91 Å². The van der Waals surface area contributed by atoms with Crippen molar-refractivity contribution < 1.29 is 28.7 Å². The smallest absolute Gasteiger partial charge is 0.335 e. The number of imide groups is 2. The molecule has 0 saturated carbocycles. The van der Waals surface area contributed by atoms with Crippen LogP contribution in [0.4, 0.5) is 16.2 Å². The van der Waals surface area contributed by atoms with Crippen LogP contribution in [0.2, 0.25) is 0 Å². The Balaban J connectivity index is 1.56. The van der Waals surface area contributed by atoms with Crippen molar-refractivity contribution in [1.29, 1.82) is 0 Å². The Bertz CT molecular complexity index is 1440. The molecule has 1 fully saturated rings. The van der Waals surface area contributed by atoms with Crippen LogP contribution in [0.1, 0.15) is 43.4 Å². The predicted octanol–water partition coefficient (Wildman–Crippen LogP) is 5.02. The second-order valence-electron chi connectivity index (χ2n) is 9.27. The van der Waals surface area contributed by atoms with Gasteiger partial charge < -0.3 is 14.8 Å². The van der Waals surface area contributed by atoms with E-state index in [1.165, 1.54) is 20.1 Å². The van der Waals surface area contributed by atoms with Crippen LogP contribution < -0.4 is 25.0 Å². The Morgan fingerprint density at radius 1 is 1.00 bits per heavy atom. The molecule has 3 aromatic rings. The summed E-state index contributed by atoms with van der Waals surface area (Å²) in [5.74, 6) is -0.218. The second kappa shape index (κ2) is 11.6. The molecule has 0 atom stereocenters. The molecule has 39 heavy (non-hydrogen) atoms. The fourth-order valence-corrected chi connectivity index (χ4v) is 4.07. The lowest BCUT2D eigenvalue weighted by Gasteiger charge is -2.26. The fraction of sp³-hybridized carbons (Fsp3) is 0.200. The number of urea groups is 1. The van der Waals surface area contributed by atoms with E-state index < -0.39 is 17.8 Å². The van der Waals surface area contributed by atoms with Gasteiger partial charge >= 0.3 is 6.03 Å². The van der Waals surface area contributed by atoms with Gasteiger partial charge in [-0.25, -0.2) is 9.69 Å². The van der Waals surface area contributed by atoms with E-state index in [1.54, 1.807) is 54.6 Å². The summed E-state index contributed by atoms with van der Waals surface area (Å²) in [6.07, 6.45) is 1.44. The monoisotopic (exact) mass is 527 g/mol. The van der Waals surface area contributed by atoms with Gasteiger partial charge in [-0.1, -0.05) is 32.0 Å². The van der Waals surface area contributed by atoms with Gasteiger partial charge in [0, 0.05) is 18.2 Å². The minimum absolute atomic E-state index is 0.145. The highest BCUT2D eigenvalue weighted by Gasteiger charge is 2.36. The molecule has 0 spiro atoms. The van der Waals surface area contributed by atoms with Crippen LogP contribution in [0.3, 0.4) is 0 Å². The Morgan fingerprint density at radius 2 is 1.69 bits per heavy atom. The fourth-order valence-electron chi connectivity index (χ4n) is 4.07. The number of nitrogens with zero attached hydrogens (tertiary/aromatic N) is 1. The van der Waals surface area contributed by atoms with Gasteiger partial charge in [-0.05, 0) is 71.7 Å². The third-order valence-electron chi connectivity index (χ3n) is 6.10. The van der Waals surface area contributed by atoms with Crippen LogP contribution in [0, 0.1) is 0 Å². The molecule has 4 rings (SSSR count). The first-order valence-electron chi connectivity index (χ1n) is 12.3. The van der Waals surface area contributed by atoms with Gasteiger partial charge in [0.25, 0.3) is 11.8 Å². The van der Waals surface area contributed by atoms with Crippen molar-refractivity contribution in [3.63, 3.8) is 0 Å². The number of carbonyl (C=O) groups is 4. The van der Waals surface area contributed by atoms with Crippen LogP contribution in [-0.2, 0) is 21.0 Å². The minimum Gasteiger partial charge on any atom is -0.496 e. The molecule has 3 aromatic carbocycles. The van der Waals surface area contributed by atoms with E-state index in [2.05, 4.69) is 10.6 Å². The van der Waals surface area contributed by atoms with Crippen LogP contribution in [-0.4, -0.2) is 30.9 Å².